The van der Waals surface area contributed by atoms with Gasteiger partial charge in [-0.3, -0.25) is 34.2 Å². The van der Waals surface area contributed by atoms with Gasteiger partial charge in [0.15, 0.2) is 5.65 Å². The number of hydrogen-bond acceptors (Lipinski definition) is 9. The van der Waals surface area contributed by atoms with Crippen LogP contribution in [0.15, 0.2) is 85.1 Å². The molecule has 4 N–H and O–H groups in total. The van der Waals surface area contributed by atoms with Crippen molar-refractivity contribution in [3.63, 3.8) is 0 Å². The van der Waals surface area contributed by atoms with Crippen molar-refractivity contribution in [2.24, 2.45) is 0 Å². The first kappa shape index (κ1) is 34.7. The molecule has 13 heteroatoms. The summed E-state index contributed by atoms with van der Waals surface area (Å²) in [6, 6.07) is 23.8. The SMILES string of the molecule is CCCc1cc(N[C@@H]2CCC(NC(=O)c3ccc(-c4ccc(CNc5cccc6c5C(=O)N(C5CCC(=O)NC5=O)C6=O)cc4)cc3)C2)n2nccc2n1. The molecular weight excluding hydrogens is 685 g/mol. The quantitative estimate of drug-likeness (QED) is 0.135. The summed E-state index contributed by atoms with van der Waals surface area (Å²) in [6.07, 6.45) is 6.50. The maximum atomic E-state index is 13.4. The van der Waals surface area contributed by atoms with E-state index in [2.05, 4.69) is 39.4 Å². The molecule has 13 nitrogen and oxygen atoms in total. The van der Waals surface area contributed by atoms with Crippen molar-refractivity contribution in [1.82, 2.24) is 30.1 Å². The summed E-state index contributed by atoms with van der Waals surface area (Å²) < 4.78 is 1.83. The predicted molar refractivity (Wildman–Crippen MR) is 202 cm³/mol. The van der Waals surface area contributed by atoms with Crippen LogP contribution < -0.4 is 21.3 Å². The Balaban J connectivity index is 0.855. The van der Waals surface area contributed by atoms with Gasteiger partial charge in [0.25, 0.3) is 17.7 Å². The third-order valence-corrected chi connectivity index (χ3v) is 10.4. The van der Waals surface area contributed by atoms with E-state index in [1.54, 1.807) is 24.4 Å². The lowest BCUT2D eigenvalue weighted by molar-refractivity contribution is -0.136. The number of carbonyl (C=O) groups is 5. The summed E-state index contributed by atoms with van der Waals surface area (Å²) in [4.78, 5) is 69.5. The van der Waals surface area contributed by atoms with Crippen molar-refractivity contribution in [3.05, 3.63) is 113 Å². The fourth-order valence-electron chi connectivity index (χ4n) is 7.66. The minimum Gasteiger partial charge on any atom is -0.380 e. The van der Waals surface area contributed by atoms with Crippen LogP contribution in [0.3, 0.4) is 0 Å². The average molecular weight is 725 g/mol. The van der Waals surface area contributed by atoms with E-state index in [-0.39, 0.29) is 42.0 Å². The van der Waals surface area contributed by atoms with Gasteiger partial charge in [-0.25, -0.2) is 4.98 Å². The number of imide groups is 2. The number of carbonyl (C=O) groups excluding carboxylic acids is 5. The molecule has 3 aromatic carbocycles. The molecular formula is C41H40N8O5. The Kier molecular flexibility index (Phi) is 9.36. The second kappa shape index (κ2) is 14.6. The number of nitrogens with zero attached hydrogens (tertiary/aromatic N) is 4. The van der Waals surface area contributed by atoms with E-state index in [0.29, 0.717) is 17.8 Å². The first-order valence-electron chi connectivity index (χ1n) is 18.4. The Morgan fingerprint density at radius 1 is 0.889 bits per heavy atom. The van der Waals surface area contributed by atoms with Gasteiger partial charge < -0.3 is 16.0 Å². The first-order valence-corrected chi connectivity index (χ1v) is 18.4. The van der Waals surface area contributed by atoms with E-state index >= 15 is 0 Å². The van der Waals surface area contributed by atoms with Crippen molar-refractivity contribution in [2.75, 3.05) is 10.6 Å². The zero-order valence-corrected chi connectivity index (χ0v) is 29.8. The van der Waals surface area contributed by atoms with Gasteiger partial charge in [0.2, 0.25) is 11.8 Å². The molecule has 8 rings (SSSR count). The van der Waals surface area contributed by atoms with Crippen LogP contribution in [0.5, 0.6) is 0 Å². The highest BCUT2D eigenvalue weighted by Crippen LogP contribution is 2.33. The van der Waals surface area contributed by atoms with Crippen LogP contribution in [-0.4, -0.2) is 67.2 Å². The molecule has 2 aromatic heterocycles. The summed E-state index contributed by atoms with van der Waals surface area (Å²) in [5, 5.41) is 16.8. The summed E-state index contributed by atoms with van der Waals surface area (Å²) in [7, 11) is 0. The van der Waals surface area contributed by atoms with Crippen LogP contribution in [0.1, 0.15) is 87.8 Å². The molecule has 5 amide bonds. The van der Waals surface area contributed by atoms with E-state index in [4.69, 9.17) is 4.98 Å². The molecule has 3 atom stereocenters. The zero-order chi connectivity index (χ0) is 37.3. The van der Waals surface area contributed by atoms with Crippen LogP contribution in [0.4, 0.5) is 11.5 Å². The molecule has 0 bridgehead atoms. The molecule has 54 heavy (non-hydrogen) atoms. The number of piperidine rings is 1. The number of amides is 5. The van der Waals surface area contributed by atoms with Gasteiger partial charge >= 0.3 is 0 Å². The predicted octanol–water partition coefficient (Wildman–Crippen LogP) is 5.13. The molecule has 1 aliphatic carbocycles. The molecule has 2 fully saturated rings. The fourth-order valence-corrected chi connectivity index (χ4v) is 7.66. The average Bonchev–Trinajstić information content (AvgIpc) is 3.90. The standard InChI is InChI=1S/C41H40N8O5/c1-2-4-28-22-35(49-34(44-28)19-20-43-49)45-29-15-16-30(21-29)46-38(51)27-13-11-26(12-14-27)25-9-7-24(8-10-25)23-42-32-6-3-5-31-37(32)41(54)48(40(31)53)33-17-18-36(50)47-39(33)52/h3,5-14,19-20,22,29-30,33,42,45H,2,4,15-18,21,23H2,1H3,(H,46,51)(H,47,50,52)/t29-,30?,33?/m1/s1. The number of hydrogen-bond donors (Lipinski definition) is 4. The Bertz CT molecular complexity index is 2280. The van der Waals surface area contributed by atoms with Gasteiger partial charge in [0, 0.05) is 54.1 Å². The second-order valence-corrected chi connectivity index (χ2v) is 14.1. The lowest BCUT2D eigenvalue weighted by Crippen LogP contribution is -2.54. The van der Waals surface area contributed by atoms with Gasteiger partial charge in [-0.15, -0.1) is 0 Å². The van der Waals surface area contributed by atoms with Crippen molar-refractivity contribution >= 4 is 46.7 Å². The number of aromatic nitrogens is 3. The maximum absolute atomic E-state index is 13.4. The number of fused-ring (bicyclic) bond motifs is 2. The number of benzene rings is 3. The number of nitrogens with one attached hydrogen (secondary N) is 4. The molecule has 0 radical (unpaired) electrons. The lowest BCUT2D eigenvalue weighted by Gasteiger charge is -2.27. The summed E-state index contributed by atoms with van der Waals surface area (Å²) >= 11 is 0. The maximum Gasteiger partial charge on any atom is 0.264 e. The molecule has 274 valence electrons. The van der Waals surface area contributed by atoms with Crippen molar-refractivity contribution in [2.45, 2.75) is 76.5 Å². The fraction of sp³-hybridized carbons (Fsp3) is 0.293. The second-order valence-electron chi connectivity index (χ2n) is 14.1. The normalized spacial score (nSPS) is 19.6. The first-order chi connectivity index (χ1) is 26.2. The van der Waals surface area contributed by atoms with Crippen LogP contribution in [0, 0.1) is 0 Å². The third kappa shape index (κ3) is 6.80. The molecule has 2 aliphatic heterocycles. The molecule has 3 aliphatic rings. The van der Waals surface area contributed by atoms with Crippen molar-refractivity contribution in [3.8, 4) is 11.1 Å². The summed E-state index contributed by atoms with van der Waals surface area (Å²) in [5.41, 5.74) is 6.33. The number of aryl methyl sites for hydroxylation is 1. The van der Waals surface area contributed by atoms with Crippen LogP contribution in [0.2, 0.25) is 0 Å². The minimum absolute atomic E-state index is 0.0640. The van der Waals surface area contributed by atoms with Gasteiger partial charge in [0.05, 0.1) is 17.3 Å². The van der Waals surface area contributed by atoms with Crippen LogP contribution in [-0.2, 0) is 22.6 Å². The van der Waals surface area contributed by atoms with Gasteiger partial charge in [-0.05, 0) is 73.1 Å². The van der Waals surface area contributed by atoms with E-state index in [0.717, 1.165) is 70.9 Å². The van der Waals surface area contributed by atoms with E-state index in [1.165, 1.54) is 0 Å². The molecule has 1 saturated carbocycles. The monoisotopic (exact) mass is 724 g/mol. The Labute approximate surface area is 311 Å². The summed E-state index contributed by atoms with van der Waals surface area (Å²) in [5.74, 6) is -1.31. The van der Waals surface area contributed by atoms with E-state index in [9.17, 15) is 24.0 Å². The Hall–Kier alpha value is -6.37. The topological polar surface area (TPSA) is 167 Å². The van der Waals surface area contributed by atoms with Gasteiger partial charge in [-0.1, -0.05) is 55.8 Å². The minimum atomic E-state index is -1.02. The zero-order valence-electron chi connectivity index (χ0n) is 29.8. The largest absolute Gasteiger partial charge is 0.380 e. The van der Waals surface area contributed by atoms with Crippen LogP contribution in [0.25, 0.3) is 16.8 Å². The molecule has 1 saturated heterocycles. The lowest BCUT2D eigenvalue weighted by atomic mass is 10.0. The van der Waals surface area contributed by atoms with Gasteiger partial charge in [0.1, 0.15) is 11.9 Å². The van der Waals surface area contributed by atoms with E-state index < -0.39 is 29.7 Å². The molecule has 4 heterocycles. The highest BCUT2D eigenvalue weighted by Gasteiger charge is 2.45. The van der Waals surface area contributed by atoms with Crippen LogP contribution >= 0.6 is 0 Å². The molecule has 0 spiro atoms. The number of anilines is 2. The summed E-state index contributed by atoms with van der Waals surface area (Å²) in [6.45, 7) is 2.53. The van der Waals surface area contributed by atoms with Gasteiger partial charge in [-0.2, -0.15) is 9.61 Å². The molecule has 5 aromatic rings. The van der Waals surface area contributed by atoms with Crippen molar-refractivity contribution < 1.29 is 24.0 Å². The Morgan fingerprint density at radius 3 is 2.41 bits per heavy atom. The Morgan fingerprint density at radius 2 is 1.65 bits per heavy atom. The smallest absolute Gasteiger partial charge is 0.264 e. The van der Waals surface area contributed by atoms with E-state index in [1.807, 2.05) is 59.1 Å². The van der Waals surface area contributed by atoms with Crippen molar-refractivity contribution in [1.29, 1.82) is 0 Å². The highest BCUT2D eigenvalue weighted by molar-refractivity contribution is 6.25. The highest BCUT2D eigenvalue weighted by atomic mass is 16.2. The molecule has 2 unspecified atom stereocenters. The third-order valence-electron chi connectivity index (χ3n) is 10.4. The number of rotatable bonds is 11.